The van der Waals surface area contributed by atoms with Crippen molar-refractivity contribution < 1.29 is 19.6 Å². The molecule has 176 valence electrons. The number of aromatic nitrogens is 1. The summed E-state index contributed by atoms with van der Waals surface area (Å²) in [7, 11) is 0. The van der Waals surface area contributed by atoms with Crippen LogP contribution in [0.1, 0.15) is 40.0 Å². The molecule has 0 saturated heterocycles. The molecule has 0 radical (unpaired) electrons. The highest BCUT2D eigenvalue weighted by molar-refractivity contribution is 5.90. The third kappa shape index (κ3) is 4.85. The van der Waals surface area contributed by atoms with Crippen molar-refractivity contribution >= 4 is 17.5 Å². The molecular weight excluding hydrogens is 434 g/mol. The van der Waals surface area contributed by atoms with Crippen LogP contribution in [0.3, 0.4) is 0 Å². The van der Waals surface area contributed by atoms with Crippen LogP contribution in [0.2, 0.25) is 0 Å². The number of nitrogens with zero attached hydrogens (tertiary/aromatic N) is 3. The average Bonchev–Trinajstić information content (AvgIpc) is 2.75. The molecule has 1 amide bonds. The maximum atomic E-state index is 12.9. The highest BCUT2D eigenvalue weighted by Gasteiger charge is 2.33. The van der Waals surface area contributed by atoms with Crippen LogP contribution < -0.4 is 4.90 Å². The molecule has 0 bridgehead atoms. The van der Waals surface area contributed by atoms with Gasteiger partial charge in [0.2, 0.25) is 0 Å². The molecule has 8 heteroatoms. The molecule has 1 N–H and O–H groups in total. The minimum absolute atomic E-state index is 0.0853. The number of benzene rings is 2. The lowest BCUT2D eigenvalue weighted by atomic mass is 9.91. The zero-order valence-corrected chi connectivity index (χ0v) is 19.4. The van der Waals surface area contributed by atoms with Gasteiger partial charge < -0.3 is 9.84 Å². The van der Waals surface area contributed by atoms with Gasteiger partial charge in [-0.25, -0.2) is 9.78 Å². The van der Waals surface area contributed by atoms with Crippen molar-refractivity contribution in [2.24, 2.45) is 0 Å². The number of aromatic hydroxyl groups is 1. The fourth-order valence-electron chi connectivity index (χ4n) is 3.89. The Morgan fingerprint density at radius 3 is 2.26 bits per heavy atom. The van der Waals surface area contributed by atoms with Crippen molar-refractivity contribution in [1.82, 2.24) is 4.98 Å². The fraction of sp³-hybridized carbons (Fsp3) is 0.308. The normalized spacial score (nSPS) is 13.7. The Labute approximate surface area is 198 Å². The summed E-state index contributed by atoms with van der Waals surface area (Å²) in [6.07, 6.45) is 2.50. The highest BCUT2D eigenvalue weighted by atomic mass is 16.6. The molecule has 1 saturated carbocycles. The predicted molar refractivity (Wildman–Crippen MR) is 130 cm³/mol. The first kappa shape index (κ1) is 23.2. The Balaban J connectivity index is 1.74. The molecule has 0 atom stereocenters. The van der Waals surface area contributed by atoms with Crippen molar-refractivity contribution in [3.05, 3.63) is 70.8 Å². The summed E-state index contributed by atoms with van der Waals surface area (Å²) in [6, 6.07) is 17.8. The van der Waals surface area contributed by atoms with E-state index in [-0.39, 0.29) is 12.1 Å². The molecule has 1 fully saturated rings. The standard InChI is InChI=1S/C26H27N3O5/c1-26(2,3)34-25(31)28(19-10-7-11-19)20-14-12-18(13-15-20)23-21(17-8-5-4-6-9-17)16-22(29(32)33)24(30)27-23/h4-6,8-9,12-16,19H,7,10-11H2,1-3H3,(H,27,30). The maximum absolute atomic E-state index is 12.9. The van der Waals surface area contributed by atoms with Crippen LogP contribution in [0.5, 0.6) is 5.88 Å². The first-order valence-corrected chi connectivity index (χ1v) is 11.2. The van der Waals surface area contributed by atoms with Crippen LogP contribution in [-0.2, 0) is 4.74 Å². The minimum Gasteiger partial charge on any atom is -0.488 e. The van der Waals surface area contributed by atoms with Crippen LogP contribution in [0.4, 0.5) is 16.2 Å². The quantitative estimate of drug-likeness (QED) is 0.352. The summed E-state index contributed by atoms with van der Waals surface area (Å²) in [4.78, 5) is 29.5. The van der Waals surface area contributed by atoms with Crippen molar-refractivity contribution in [3.8, 4) is 28.3 Å². The summed E-state index contributed by atoms with van der Waals surface area (Å²) >= 11 is 0. The average molecular weight is 462 g/mol. The van der Waals surface area contributed by atoms with Gasteiger partial charge in [-0.05, 0) is 57.7 Å². The first-order valence-electron chi connectivity index (χ1n) is 11.2. The lowest BCUT2D eigenvalue weighted by Crippen LogP contribution is -2.46. The molecule has 1 heterocycles. The van der Waals surface area contributed by atoms with Gasteiger partial charge in [0.1, 0.15) is 5.60 Å². The summed E-state index contributed by atoms with van der Waals surface area (Å²) in [5.41, 5.74) is 1.97. The van der Waals surface area contributed by atoms with E-state index in [1.54, 1.807) is 17.0 Å². The minimum atomic E-state index is -0.654. The molecule has 4 rings (SSSR count). The summed E-state index contributed by atoms with van der Waals surface area (Å²) in [5.74, 6) is -0.645. The van der Waals surface area contributed by atoms with Crippen molar-refractivity contribution in [2.45, 2.75) is 51.7 Å². The summed E-state index contributed by atoms with van der Waals surface area (Å²) < 4.78 is 5.63. The van der Waals surface area contributed by atoms with E-state index in [1.165, 1.54) is 6.07 Å². The SMILES string of the molecule is CC(C)(C)OC(=O)N(c1ccc(-c2nc(O)c([N+](=O)[O-])cc2-c2ccccc2)cc1)C1CCC1. The van der Waals surface area contributed by atoms with E-state index in [4.69, 9.17) is 4.74 Å². The zero-order valence-electron chi connectivity index (χ0n) is 19.4. The molecule has 1 aliphatic rings. The number of anilines is 1. The van der Waals surface area contributed by atoms with E-state index in [0.29, 0.717) is 22.5 Å². The molecule has 3 aromatic rings. The van der Waals surface area contributed by atoms with E-state index in [9.17, 15) is 20.0 Å². The lowest BCUT2D eigenvalue weighted by molar-refractivity contribution is -0.386. The smallest absolute Gasteiger partial charge is 0.415 e. The molecule has 0 unspecified atom stereocenters. The van der Waals surface area contributed by atoms with Gasteiger partial charge in [0, 0.05) is 28.9 Å². The second kappa shape index (κ2) is 9.13. The zero-order chi connectivity index (χ0) is 24.5. The molecule has 0 spiro atoms. The Morgan fingerprint density at radius 2 is 1.74 bits per heavy atom. The molecule has 2 aromatic carbocycles. The maximum Gasteiger partial charge on any atom is 0.415 e. The lowest BCUT2D eigenvalue weighted by Gasteiger charge is -2.38. The van der Waals surface area contributed by atoms with Gasteiger partial charge in [0.25, 0.3) is 5.88 Å². The van der Waals surface area contributed by atoms with Gasteiger partial charge in [-0.2, -0.15) is 0 Å². The van der Waals surface area contributed by atoms with E-state index in [2.05, 4.69) is 4.98 Å². The Kier molecular flexibility index (Phi) is 6.24. The van der Waals surface area contributed by atoms with Crippen molar-refractivity contribution in [2.75, 3.05) is 4.90 Å². The van der Waals surface area contributed by atoms with E-state index in [1.807, 2.05) is 63.2 Å². The molecular formula is C26H27N3O5. The Hall–Kier alpha value is -3.94. The van der Waals surface area contributed by atoms with Gasteiger partial charge in [0.05, 0.1) is 10.6 Å². The largest absolute Gasteiger partial charge is 0.488 e. The van der Waals surface area contributed by atoms with Gasteiger partial charge >= 0.3 is 11.8 Å². The summed E-state index contributed by atoms with van der Waals surface area (Å²) in [5, 5.41) is 21.6. The second-order valence-electron chi connectivity index (χ2n) is 9.33. The van der Waals surface area contributed by atoms with E-state index in [0.717, 1.165) is 24.8 Å². The van der Waals surface area contributed by atoms with Crippen LogP contribution in [0, 0.1) is 10.1 Å². The predicted octanol–water partition coefficient (Wildman–Crippen LogP) is 6.32. The van der Waals surface area contributed by atoms with E-state index >= 15 is 0 Å². The van der Waals surface area contributed by atoms with Gasteiger partial charge in [-0.1, -0.05) is 42.5 Å². The molecule has 0 aliphatic heterocycles. The topological polar surface area (TPSA) is 106 Å². The number of amides is 1. The van der Waals surface area contributed by atoms with Gasteiger partial charge in [-0.15, -0.1) is 0 Å². The molecule has 1 aliphatic carbocycles. The Morgan fingerprint density at radius 1 is 1.09 bits per heavy atom. The van der Waals surface area contributed by atoms with Crippen LogP contribution >= 0.6 is 0 Å². The fourth-order valence-corrected chi connectivity index (χ4v) is 3.89. The van der Waals surface area contributed by atoms with Crippen LogP contribution in [0.15, 0.2) is 60.7 Å². The summed E-state index contributed by atoms with van der Waals surface area (Å²) in [6.45, 7) is 5.51. The van der Waals surface area contributed by atoms with Gasteiger partial charge in [-0.3, -0.25) is 15.0 Å². The number of hydrogen-bond donors (Lipinski definition) is 1. The third-order valence-electron chi connectivity index (χ3n) is 5.71. The molecule has 34 heavy (non-hydrogen) atoms. The monoisotopic (exact) mass is 461 g/mol. The number of ether oxygens (including phenoxy) is 1. The highest BCUT2D eigenvalue weighted by Crippen LogP contribution is 2.38. The van der Waals surface area contributed by atoms with Crippen molar-refractivity contribution in [1.29, 1.82) is 0 Å². The number of pyridine rings is 1. The van der Waals surface area contributed by atoms with Crippen LogP contribution in [-0.4, -0.2) is 32.7 Å². The van der Waals surface area contributed by atoms with Gasteiger partial charge in [0.15, 0.2) is 0 Å². The third-order valence-corrected chi connectivity index (χ3v) is 5.71. The molecule has 1 aromatic heterocycles. The number of nitro groups is 1. The number of carbonyl (C=O) groups excluding carboxylic acids is 1. The Bertz CT molecular complexity index is 1200. The number of carbonyl (C=O) groups is 1. The van der Waals surface area contributed by atoms with E-state index < -0.39 is 22.1 Å². The number of rotatable bonds is 5. The van der Waals surface area contributed by atoms with Crippen LogP contribution in [0.25, 0.3) is 22.4 Å². The van der Waals surface area contributed by atoms with Crippen molar-refractivity contribution in [3.63, 3.8) is 0 Å². The second-order valence-corrected chi connectivity index (χ2v) is 9.33. The number of hydrogen-bond acceptors (Lipinski definition) is 6. The molecule has 8 nitrogen and oxygen atoms in total. The first-order chi connectivity index (χ1) is 16.1.